The minimum Gasteiger partial charge on any atom is -0.415 e. The van der Waals surface area contributed by atoms with Crippen LogP contribution in [0.5, 0.6) is 0 Å². The average Bonchev–Trinajstić information content (AvgIpc) is 3.47. The fourth-order valence-corrected chi connectivity index (χ4v) is 5.68. The van der Waals surface area contributed by atoms with Crippen molar-refractivity contribution >= 4 is 17.8 Å². The normalized spacial score (nSPS) is 17.9. The Hall–Kier alpha value is -3.44. The molecule has 40 heavy (non-hydrogen) atoms. The molecular weight excluding hydrogens is 516 g/mol. The van der Waals surface area contributed by atoms with Crippen LogP contribution in [0.15, 0.2) is 40.9 Å². The van der Waals surface area contributed by atoms with Crippen molar-refractivity contribution in [2.24, 2.45) is 0 Å². The molecule has 2 fully saturated rings. The molecule has 9 nitrogen and oxygen atoms in total. The van der Waals surface area contributed by atoms with E-state index in [1.807, 2.05) is 0 Å². The number of pyridine rings is 1. The van der Waals surface area contributed by atoms with Gasteiger partial charge in [0.1, 0.15) is 0 Å². The van der Waals surface area contributed by atoms with Gasteiger partial charge >= 0.3 is 6.43 Å². The van der Waals surface area contributed by atoms with Gasteiger partial charge in [0.15, 0.2) is 0 Å². The number of carbonyl (C=O) groups excluding carboxylic acids is 1. The van der Waals surface area contributed by atoms with Gasteiger partial charge < -0.3 is 24.0 Å². The summed E-state index contributed by atoms with van der Waals surface area (Å²) in [5, 5.41) is 7.05. The molecular formula is C29H37F2N7O2. The Morgan fingerprint density at radius 3 is 2.30 bits per heavy atom. The highest BCUT2D eigenvalue weighted by atomic mass is 19.3. The number of piperidine rings is 2. The SMILES string of the molecule is CN1CCC(c2ccc(N(C=O)Cc3ccc(-c4nnc(C(F)F)o4)cn3)c(N(C)C3CCN(C)CC3)c2)CC1. The smallest absolute Gasteiger partial charge is 0.314 e. The van der Waals surface area contributed by atoms with Gasteiger partial charge in [-0.2, -0.15) is 8.78 Å². The van der Waals surface area contributed by atoms with E-state index < -0.39 is 12.3 Å². The van der Waals surface area contributed by atoms with E-state index in [-0.39, 0.29) is 12.4 Å². The predicted molar refractivity (Wildman–Crippen MR) is 150 cm³/mol. The Bertz CT molecular complexity index is 1270. The summed E-state index contributed by atoms with van der Waals surface area (Å²) in [6.45, 7) is 4.53. The third kappa shape index (κ3) is 6.31. The van der Waals surface area contributed by atoms with E-state index in [2.05, 4.69) is 69.2 Å². The Morgan fingerprint density at radius 2 is 1.70 bits per heavy atom. The average molecular weight is 554 g/mol. The van der Waals surface area contributed by atoms with Gasteiger partial charge in [0, 0.05) is 19.3 Å². The summed E-state index contributed by atoms with van der Waals surface area (Å²) in [6.07, 6.45) is 3.90. The molecule has 0 spiro atoms. The Balaban J connectivity index is 1.40. The number of rotatable bonds is 9. The fraction of sp³-hybridized carbons (Fsp3) is 0.517. The number of hydrogen-bond acceptors (Lipinski definition) is 8. The molecule has 4 heterocycles. The van der Waals surface area contributed by atoms with Crippen LogP contribution in [0.2, 0.25) is 0 Å². The maximum absolute atomic E-state index is 12.8. The maximum Gasteiger partial charge on any atom is 0.314 e. The van der Waals surface area contributed by atoms with Gasteiger partial charge in [-0.15, -0.1) is 10.2 Å². The summed E-state index contributed by atoms with van der Waals surface area (Å²) in [5.74, 6) is -0.242. The second-order valence-electron chi connectivity index (χ2n) is 11.0. The van der Waals surface area contributed by atoms with Crippen molar-refractivity contribution in [3.8, 4) is 11.5 Å². The van der Waals surface area contributed by atoms with Crippen molar-refractivity contribution in [2.45, 2.75) is 50.6 Å². The summed E-state index contributed by atoms with van der Waals surface area (Å²) in [4.78, 5) is 25.7. The Kier molecular flexibility index (Phi) is 8.70. The molecule has 5 rings (SSSR count). The molecule has 214 valence electrons. The highest BCUT2D eigenvalue weighted by Gasteiger charge is 2.26. The number of carbonyl (C=O) groups is 1. The van der Waals surface area contributed by atoms with Crippen LogP contribution in [0.1, 0.15) is 55.2 Å². The van der Waals surface area contributed by atoms with E-state index in [1.54, 1.807) is 17.0 Å². The van der Waals surface area contributed by atoms with E-state index in [4.69, 9.17) is 4.42 Å². The summed E-state index contributed by atoms with van der Waals surface area (Å²) in [5.41, 5.74) is 4.31. The first-order chi connectivity index (χ1) is 19.3. The van der Waals surface area contributed by atoms with Crippen molar-refractivity contribution in [3.05, 3.63) is 53.7 Å². The van der Waals surface area contributed by atoms with Gasteiger partial charge in [0.05, 0.1) is 29.2 Å². The molecule has 0 atom stereocenters. The third-order valence-corrected chi connectivity index (χ3v) is 8.27. The van der Waals surface area contributed by atoms with Crippen molar-refractivity contribution in [2.75, 3.05) is 57.1 Å². The van der Waals surface area contributed by atoms with Crippen LogP contribution in [0.25, 0.3) is 11.5 Å². The lowest BCUT2D eigenvalue weighted by molar-refractivity contribution is -0.107. The predicted octanol–water partition coefficient (Wildman–Crippen LogP) is 4.57. The molecule has 0 unspecified atom stereocenters. The number of benzene rings is 1. The van der Waals surface area contributed by atoms with E-state index in [1.165, 1.54) is 11.8 Å². The summed E-state index contributed by atoms with van der Waals surface area (Å²) in [6, 6.07) is 10.3. The highest BCUT2D eigenvalue weighted by molar-refractivity contribution is 5.84. The molecule has 0 bridgehead atoms. The van der Waals surface area contributed by atoms with Crippen LogP contribution < -0.4 is 9.80 Å². The van der Waals surface area contributed by atoms with Crippen molar-refractivity contribution < 1.29 is 18.0 Å². The highest BCUT2D eigenvalue weighted by Crippen LogP contribution is 2.37. The van der Waals surface area contributed by atoms with Crippen molar-refractivity contribution in [1.29, 1.82) is 0 Å². The number of likely N-dealkylation sites (tertiary alicyclic amines) is 2. The van der Waals surface area contributed by atoms with Gasteiger partial charge in [0.2, 0.25) is 12.3 Å². The molecule has 0 N–H and O–H groups in total. The first kappa shape index (κ1) is 28.1. The number of aromatic nitrogens is 3. The number of hydrogen-bond donors (Lipinski definition) is 0. The maximum atomic E-state index is 12.8. The molecule has 1 aromatic carbocycles. The van der Waals surface area contributed by atoms with E-state index in [9.17, 15) is 13.6 Å². The fourth-order valence-electron chi connectivity index (χ4n) is 5.68. The number of halogens is 2. The lowest BCUT2D eigenvalue weighted by Gasteiger charge is -2.38. The summed E-state index contributed by atoms with van der Waals surface area (Å²) < 4.78 is 30.7. The van der Waals surface area contributed by atoms with Crippen LogP contribution in [0.3, 0.4) is 0 Å². The summed E-state index contributed by atoms with van der Waals surface area (Å²) >= 11 is 0. The number of anilines is 2. The lowest BCUT2D eigenvalue weighted by atomic mass is 9.88. The van der Waals surface area contributed by atoms with E-state index in [0.717, 1.165) is 69.6 Å². The minimum absolute atomic E-state index is 0.0203. The molecule has 0 radical (unpaired) electrons. The van der Waals surface area contributed by atoms with Gasteiger partial charge in [0.25, 0.3) is 5.89 Å². The van der Waals surface area contributed by atoms with Crippen molar-refractivity contribution in [1.82, 2.24) is 25.0 Å². The largest absolute Gasteiger partial charge is 0.415 e. The van der Waals surface area contributed by atoms with Crippen molar-refractivity contribution in [3.63, 3.8) is 0 Å². The van der Waals surface area contributed by atoms with Gasteiger partial charge in [-0.25, -0.2) is 0 Å². The first-order valence-electron chi connectivity index (χ1n) is 13.8. The topological polar surface area (TPSA) is 81.8 Å². The van der Waals surface area contributed by atoms with E-state index >= 15 is 0 Å². The quantitative estimate of drug-likeness (QED) is 0.357. The Labute approximate surface area is 233 Å². The second kappa shape index (κ2) is 12.4. The zero-order chi connectivity index (χ0) is 28.2. The zero-order valence-corrected chi connectivity index (χ0v) is 23.3. The second-order valence-corrected chi connectivity index (χ2v) is 11.0. The minimum atomic E-state index is -2.83. The first-order valence-corrected chi connectivity index (χ1v) is 13.8. The molecule has 1 amide bonds. The monoisotopic (exact) mass is 553 g/mol. The molecule has 2 aliphatic rings. The molecule has 2 aromatic heterocycles. The van der Waals surface area contributed by atoms with Gasteiger partial charge in [-0.1, -0.05) is 6.07 Å². The van der Waals surface area contributed by atoms with Crippen LogP contribution in [-0.4, -0.2) is 84.8 Å². The molecule has 11 heteroatoms. The number of amides is 1. The van der Waals surface area contributed by atoms with Crippen LogP contribution >= 0.6 is 0 Å². The summed E-state index contributed by atoms with van der Waals surface area (Å²) in [7, 11) is 6.47. The van der Waals surface area contributed by atoms with Gasteiger partial charge in [-0.05, 0) is 102 Å². The molecule has 2 saturated heterocycles. The standard InChI is InChI=1S/C29H37F2N7O2/c1-35-12-8-20(9-13-35)21-5-7-25(26(16-21)37(3)24-10-14-36(2)15-11-24)38(19-39)18-23-6-4-22(17-32-23)28-33-34-29(40-28)27(30)31/h4-7,16-17,19-20,24,27H,8-15,18H2,1-3H3. The number of alkyl halides is 2. The van der Waals surface area contributed by atoms with Crippen LogP contribution in [-0.2, 0) is 11.3 Å². The zero-order valence-electron chi connectivity index (χ0n) is 23.3. The lowest BCUT2D eigenvalue weighted by Crippen LogP contribution is -2.42. The Morgan fingerprint density at radius 1 is 1.00 bits per heavy atom. The molecule has 3 aromatic rings. The van der Waals surface area contributed by atoms with Crippen LogP contribution in [0.4, 0.5) is 20.2 Å². The molecule has 0 aliphatic carbocycles. The number of nitrogens with zero attached hydrogens (tertiary/aromatic N) is 7. The molecule has 0 saturated carbocycles. The third-order valence-electron chi connectivity index (χ3n) is 8.27. The van der Waals surface area contributed by atoms with Gasteiger partial charge in [-0.3, -0.25) is 9.78 Å². The van der Waals surface area contributed by atoms with E-state index in [0.29, 0.717) is 23.2 Å². The molecule has 2 aliphatic heterocycles. The van der Waals surface area contributed by atoms with Crippen LogP contribution in [0, 0.1) is 0 Å².